The van der Waals surface area contributed by atoms with E-state index in [1.807, 2.05) is 6.92 Å². The summed E-state index contributed by atoms with van der Waals surface area (Å²) in [5, 5.41) is 0. The van der Waals surface area contributed by atoms with E-state index in [9.17, 15) is 9.59 Å². The van der Waals surface area contributed by atoms with Gasteiger partial charge in [0.2, 0.25) is 5.78 Å². The van der Waals surface area contributed by atoms with Crippen LogP contribution in [0.4, 0.5) is 0 Å². The van der Waals surface area contributed by atoms with Crippen LogP contribution in [-0.2, 0) is 16.3 Å². The zero-order valence-electron chi connectivity index (χ0n) is 15.4. The Morgan fingerprint density at radius 2 is 2.21 bits per heavy atom. The van der Waals surface area contributed by atoms with Gasteiger partial charge in [-0.2, -0.15) is 0 Å². The average Bonchev–Trinajstić information content (AvgIpc) is 3.11. The molecule has 0 N–H and O–H groups in total. The fourth-order valence-corrected chi connectivity index (χ4v) is 3.83. The van der Waals surface area contributed by atoms with Gasteiger partial charge in [0.1, 0.15) is 12.5 Å². The van der Waals surface area contributed by atoms with Crippen LogP contribution in [0, 0.1) is 11.8 Å². The second-order valence-electron chi connectivity index (χ2n) is 8.13. The SMILES string of the molecule is C[C@@H](C[C@@H]1CCCC1=O)C(=O)c1nccn1COCC[Si](C)(C)C. The highest BCUT2D eigenvalue weighted by molar-refractivity contribution is 6.76. The molecule has 1 fully saturated rings. The summed E-state index contributed by atoms with van der Waals surface area (Å²) in [5.41, 5.74) is 0. The van der Waals surface area contributed by atoms with E-state index in [0.717, 1.165) is 18.9 Å². The van der Waals surface area contributed by atoms with Crippen molar-refractivity contribution >= 4 is 19.6 Å². The third-order valence-electron chi connectivity index (χ3n) is 4.68. The Labute approximate surface area is 145 Å². The van der Waals surface area contributed by atoms with Crippen LogP contribution in [0.2, 0.25) is 25.7 Å². The van der Waals surface area contributed by atoms with Crippen molar-refractivity contribution in [2.24, 2.45) is 11.8 Å². The fourth-order valence-electron chi connectivity index (χ4n) is 3.07. The van der Waals surface area contributed by atoms with Gasteiger partial charge in [-0.25, -0.2) is 4.98 Å². The summed E-state index contributed by atoms with van der Waals surface area (Å²) in [6, 6.07) is 1.10. The Balaban J connectivity index is 1.88. The van der Waals surface area contributed by atoms with E-state index in [1.165, 1.54) is 0 Å². The molecule has 0 spiro atoms. The normalized spacial score (nSPS) is 19.7. The maximum atomic E-state index is 12.7. The lowest BCUT2D eigenvalue weighted by Gasteiger charge is -2.17. The summed E-state index contributed by atoms with van der Waals surface area (Å²) in [6.45, 7) is 9.92. The zero-order valence-corrected chi connectivity index (χ0v) is 16.4. The number of ketones is 2. The number of rotatable bonds is 9. The molecule has 5 nitrogen and oxygen atoms in total. The maximum absolute atomic E-state index is 12.7. The Bertz CT molecular complexity index is 577. The number of nitrogens with zero attached hydrogens (tertiary/aromatic N) is 2. The minimum absolute atomic E-state index is 0.00787. The molecule has 1 heterocycles. The summed E-state index contributed by atoms with van der Waals surface area (Å²) >= 11 is 0. The molecule has 2 rings (SSSR count). The van der Waals surface area contributed by atoms with Crippen molar-refractivity contribution in [1.82, 2.24) is 9.55 Å². The molecule has 1 aromatic heterocycles. The van der Waals surface area contributed by atoms with Crippen molar-refractivity contribution in [2.45, 2.75) is 65.0 Å². The van der Waals surface area contributed by atoms with Crippen molar-refractivity contribution in [2.75, 3.05) is 6.61 Å². The fraction of sp³-hybridized carbons (Fsp3) is 0.722. The first-order valence-electron chi connectivity index (χ1n) is 8.94. The first-order valence-corrected chi connectivity index (χ1v) is 12.6. The minimum Gasteiger partial charge on any atom is -0.361 e. The largest absolute Gasteiger partial charge is 0.361 e. The molecule has 1 aliphatic carbocycles. The van der Waals surface area contributed by atoms with Gasteiger partial charge in [-0.1, -0.05) is 26.6 Å². The lowest BCUT2D eigenvalue weighted by molar-refractivity contribution is -0.120. The number of carbonyl (C=O) groups excluding carboxylic acids is 2. The summed E-state index contributed by atoms with van der Waals surface area (Å²) in [6.07, 6.45) is 6.62. The number of aromatic nitrogens is 2. The van der Waals surface area contributed by atoms with Crippen LogP contribution in [0.1, 0.15) is 43.2 Å². The van der Waals surface area contributed by atoms with Crippen molar-refractivity contribution < 1.29 is 14.3 Å². The van der Waals surface area contributed by atoms with Gasteiger partial charge < -0.3 is 9.30 Å². The van der Waals surface area contributed by atoms with Crippen LogP contribution in [-0.4, -0.2) is 35.8 Å². The van der Waals surface area contributed by atoms with Crippen LogP contribution in [0.25, 0.3) is 0 Å². The standard InChI is InChI=1S/C18H30N2O3Si/c1-14(12-15-6-5-7-16(15)21)17(22)18-19-8-9-20(18)13-23-10-11-24(2,3)4/h8-9,14-15H,5-7,10-13H2,1-4H3/t14-,15-/m0/s1. The van der Waals surface area contributed by atoms with Crippen molar-refractivity contribution in [3.63, 3.8) is 0 Å². The van der Waals surface area contributed by atoms with E-state index in [-0.39, 0.29) is 17.6 Å². The zero-order chi connectivity index (χ0) is 17.7. The quantitative estimate of drug-likeness (QED) is 0.386. The molecule has 0 unspecified atom stereocenters. The van der Waals surface area contributed by atoms with Gasteiger partial charge in [0, 0.05) is 45.3 Å². The second kappa shape index (κ2) is 8.21. The molecule has 0 aliphatic heterocycles. The second-order valence-corrected chi connectivity index (χ2v) is 13.7. The summed E-state index contributed by atoms with van der Waals surface area (Å²) < 4.78 is 7.50. The Hall–Kier alpha value is -1.27. The van der Waals surface area contributed by atoms with Crippen molar-refractivity contribution in [1.29, 1.82) is 0 Å². The number of hydrogen-bond donors (Lipinski definition) is 0. The molecule has 0 aromatic carbocycles. The van der Waals surface area contributed by atoms with Gasteiger partial charge in [-0.15, -0.1) is 0 Å². The van der Waals surface area contributed by atoms with Gasteiger partial charge >= 0.3 is 0 Å². The van der Waals surface area contributed by atoms with E-state index in [1.54, 1.807) is 17.0 Å². The first kappa shape index (κ1) is 19.1. The van der Waals surface area contributed by atoms with Gasteiger partial charge in [0.15, 0.2) is 5.82 Å². The molecule has 0 amide bonds. The Kier molecular flexibility index (Phi) is 6.52. The molecule has 2 atom stereocenters. The number of hydrogen-bond acceptors (Lipinski definition) is 4. The Morgan fingerprint density at radius 3 is 2.83 bits per heavy atom. The van der Waals surface area contributed by atoms with Gasteiger partial charge in [0.25, 0.3) is 0 Å². The first-order chi connectivity index (χ1) is 11.3. The highest BCUT2D eigenvalue weighted by Gasteiger charge is 2.29. The van der Waals surface area contributed by atoms with Crippen LogP contribution in [0.5, 0.6) is 0 Å². The molecule has 6 heteroatoms. The maximum Gasteiger partial charge on any atom is 0.201 e. The van der Waals surface area contributed by atoms with E-state index < -0.39 is 8.07 Å². The highest BCUT2D eigenvalue weighted by Crippen LogP contribution is 2.28. The van der Waals surface area contributed by atoms with E-state index in [2.05, 4.69) is 24.6 Å². The molecule has 134 valence electrons. The predicted octanol–water partition coefficient (Wildman–Crippen LogP) is 3.77. The molecular weight excluding hydrogens is 320 g/mol. The molecule has 1 aromatic rings. The average molecular weight is 351 g/mol. The van der Waals surface area contributed by atoms with Gasteiger partial charge in [0.05, 0.1) is 0 Å². The molecule has 0 saturated heterocycles. The van der Waals surface area contributed by atoms with E-state index >= 15 is 0 Å². The van der Waals surface area contributed by atoms with Gasteiger partial charge in [-0.05, 0) is 25.3 Å². The third-order valence-corrected chi connectivity index (χ3v) is 6.38. The van der Waals surface area contributed by atoms with Crippen molar-refractivity contribution in [3.8, 4) is 0 Å². The molecular formula is C18H30N2O3Si. The Morgan fingerprint density at radius 1 is 1.46 bits per heavy atom. The monoisotopic (exact) mass is 350 g/mol. The number of carbonyl (C=O) groups is 2. The molecule has 0 radical (unpaired) electrons. The van der Waals surface area contributed by atoms with Crippen LogP contribution < -0.4 is 0 Å². The predicted molar refractivity (Wildman–Crippen MR) is 96.8 cm³/mol. The highest BCUT2D eigenvalue weighted by atomic mass is 28.3. The van der Waals surface area contributed by atoms with Crippen LogP contribution in [0.15, 0.2) is 12.4 Å². The summed E-state index contributed by atoms with van der Waals surface area (Å²) in [4.78, 5) is 28.7. The molecule has 24 heavy (non-hydrogen) atoms. The molecule has 0 bridgehead atoms. The lowest BCUT2D eigenvalue weighted by atomic mass is 9.91. The van der Waals surface area contributed by atoms with E-state index in [0.29, 0.717) is 37.8 Å². The minimum atomic E-state index is -1.11. The lowest BCUT2D eigenvalue weighted by Crippen LogP contribution is -2.23. The van der Waals surface area contributed by atoms with E-state index in [4.69, 9.17) is 4.74 Å². The summed E-state index contributed by atoms with van der Waals surface area (Å²) in [7, 11) is -1.11. The van der Waals surface area contributed by atoms with Gasteiger partial charge in [-0.3, -0.25) is 9.59 Å². The van der Waals surface area contributed by atoms with Crippen molar-refractivity contribution in [3.05, 3.63) is 18.2 Å². The molecule has 1 saturated carbocycles. The topological polar surface area (TPSA) is 61.2 Å². The number of ether oxygens (including phenoxy) is 1. The summed E-state index contributed by atoms with van der Waals surface area (Å²) in [5.74, 6) is 0.641. The number of Topliss-reactive ketones (excluding diaryl/α,β-unsaturated/α-hetero) is 2. The third kappa shape index (κ3) is 5.38. The number of imidazole rings is 1. The van der Waals surface area contributed by atoms with Crippen LogP contribution >= 0.6 is 0 Å². The molecule has 1 aliphatic rings. The smallest absolute Gasteiger partial charge is 0.201 e. The van der Waals surface area contributed by atoms with Crippen LogP contribution in [0.3, 0.4) is 0 Å².